The van der Waals surface area contributed by atoms with Crippen molar-refractivity contribution in [2.75, 3.05) is 52.9 Å². The van der Waals surface area contributed by atoms with Gasteiger partial charge in [-0.2, -0.15) is 0 Å². The van der Waals surface area contributed by atoms with Gasteiger partial charge >= 0.3 is 0 Å². The number of piperazine rings is 1. The molecule has 2 heterocycles. The monoisotopic (exact) mass is 409 g/mol. The van der Waals surface area contributed by atoms with E-state index in [-0.39, 0.29) is 24.0 Å². The Hall–Kier alpha value is -0.0800. The van der Waals surface area contributed by atoms with Gasteiger partial charge in [0, 0.05) is 45.3 Å². The summed E-state index contributed by atoms with van der Waals surface area (Å²) in [5.74, 6) is 0.757. The zero-order chi connectivity index (χ0) is 14.4. The van der Waals surface area contributed by atoms with Crippen LogP contribution in [0.2, 0.25) is 0 Å². The zero-order valence-corrected chi connectivity index (χ0v) is 16.0. The lowest BCUT2D eigenvalue weighted by molar-refractivity contribution is 0.122. The number of halogens is 1. The van der Waals surface area contributed by atoms with Crippen LogP contribution >= 0.6 is 24.0 Å². The molecule has 2 aliphatic heterocycles. The molecule has 1 atom stereocenters. The van der Waals surface area contributed by atoms with Gasteiger partial charge in [-0.1, -0.05) is 12.8 Å². The largest absolute Gasteiger partial charge is 0.370 e. The Morgan fingerprint density at radius 2 is 1.57 bits per heavy atom. The van der Waals surface area contributed by atoms with Crippen LogP contribution in [-0.4, -0.2) is 79.6 Å². The van der Waals surface area contributed by atoms with Gasteiger partial charge in [0.15, 0.2) is 5.96 Å². The molecule has 0 spiro atoms. The van der Waals surface area contributed by atoms with E-state index in [2.05, 4.69) is 33.7 Å². The maximum absolute atomic E-state index is 6.17. The van der Waals surface area contributed by atoms with Crippen molar-refractivity contribution in [1.29, 1.82) is 0 Å². The molecule has 0 aromatic rings. The Labute approximate surface area is 146 Å². The Morgan fingerprint density at radius 1 is 1.00 bits per heavy atom. The number of nitrogens with two attached hydrogens (primary N) is 1. The van der Waals surface area contributed by atoms with E-state index in [0.29, 0.717) is 6.04 Å². The SMILES string of the molecule is CC(CN=C(N)N1CCCCCC1)N1CCN(C)CC1.I. The second-order valence-electron chi connectivity index (χ2n) is 6.29. The molecule has 2 rings (SSSR count). The number of likely N-dealkylation sites (N-methyl/N-ethyl adjacent to an activating group) is 1. The molecule has 21 heavy (non-hydrogen) atoms. The van der Waals surface area contributed by atoms with E-state index in [1.165, 1.54) is 25.7 Å². The first-order valence-corrected chi connectivity index (χ1v) is 8.14. The van der Waals surface area contributed by atoms with Crippen LogP contribution in [-0.2, 0) is 0 Å². The molecule has 0 saturated carbocycles. The maximum atomic E-state index is 6.17. The van der Waals surface area contributed by atoms with Crippen LogP contribution in [0, 0.1) is 0 Å². The van der Waals surface area contributed by atoms with E-state index in [1.807, 2.05) is 0 Å². The fraction of sp³-hybridized carbons (Fsp3) is 0.933. The van der Waals surface area contributed by atoms with Crippen LogP contribution < -0.4 is 5.73 Å². The molecule has 6 heteroatoms. The molecule has 2 saturated heterocycles. The lowest BCUT2D eigenvalue weighted by atomic mass is 10.2. The lowest BCUT2D eigenvalue weighted by Crippen LogP contribution is -2.49. The van der Waals surface area contributed by atoms with Gasteiger partial charge in [-0.05, 0) is 26.8 Å². The van der Waals surface area contributed by atoms with Gasteiger partial charge in [0.05, 0.1) is 6.54 Å². The maximum Gasteiger partial charge on any atom is 0.191 e. The second-order valence-corrected chi connectivity index (χ2v) is 6.29. The lowest BCUT2D eigenvalue weighted by Gasteiger charge is -2.36. The third-order valence-corrected chi connectivity index (χ3v) is 4.61. The van der Waals surface area contributed by atoms with Gasteiger partial charge in [0.2, 0.25) is 0 Å². The van der Waals surface area contributed by atoms with Crippen LogP contribution in [0.4, 0.5) is 0 Å². The summed E-state index contributed by atoms with van der Waals surface area (Å²) in [6, 6.07) is 0.495. The summed E-state index contributed by atoms with van der Waals surface area (Å²) >= 11 is 0. The molecule has 2 fully saturated rings. The first kappa shape index (κ1) is 19.0. The molecule has 2 aliphatic rings. The van der Waals surface area contributed by atoms with Crippen LogP contribution in [0.1, 0.15) is 32.6 Å². The van der Waals surface area contributed by atoms with E-state index < -0.39 is 0 Å². The van der Waals surface area contributed by atoms with Crippen molar-refractivity contribution in [2.24, 2.45) is 10.7 Å². The molecular weight excluding hydrogens is 377 g/mol. The van der Waals surface area contributed by atoms with Gasteiger partial charge in [-0.3, -0.25) is 9.89 Å². The van der Waals surface area contributed by atoms with Gasteiger partial charge in [0.1, 0.15) is 0 Å². The van der Waals surface area contributed by atoms with Gasteiger partial charge in [-0.15, -0.1) is 24.0 Å². The highest BCUT2D eigenvalue weighted by molar-refractivity contribution is 14.0. The first-order valence-electron chi connectivity index (χ1n) is 8.14. The van der Waals surface area contributed by atoms with Crippen molar-refractivity contribution in [3.05, 3.63) is 0 Å². The minimum atomic E-state index is 0. The molecule has 5 nitrogen and oxygen atoms in total. The fourth-order valence-corrected chi connectivity index (χ4v) is 3.00. The van der Waals surface area contributed by atoms with Crippen molar-refractivity contribution in [3.63, 3.8) is 0 Å². The molecule has 0 radical (unpaired) electrons. The highest BCUT2D eigenvalue weighted by atomic mass is 127. The van der Waals surface area contributed by atoms with E-state index >= 15 is 0 Å². The minimum absolute atomic E-state index is 0. The summed E-state index contributed by atoms with van der Waals surface area (Å²) < 4.78 is 0. The summed E-state index contributed by atoms with van der Waals surface area (Å²) in [4.78, 5) is 11.8. The summed E-state index contributed by atoms with van der Waals surface area (Å²) in [6.07, 6.45) is 5.18. The Kier molecular flexibility index (Phi) is 8.89. The molecule has 1 unspecified atom stereocenters. The fourth-order valence-electron chi connectivity index (χ4n) is 3.00. The summed E-state index contributed by atoms with van der Waals surface area (Å²) in [6.45, 7) is 9.88. The predicted octanol–water partition coefficient (Wildman–Crippen LogP) is 1.43. The molecule has 0 aromatic carbocycles. The van der Waals surface area contributed by atoms with Crippen molar-refractivity contribution in [3.8, 4) is 0 Å². The Bertz CT molecular complexity index is 307. The van der Waals surface area contributed by atoms with Crippen LogP contribution in [0.15, 0.2) is 4.99 Å². The first-order chi connectivity index (χ1) is 9.66. The number of nitrogens with zero attached hydrogens (tertiary/aromatic N) is 4. The van der Waals surface area contributed by atoms with E-state index in [4.69, 9.17) is 5.73 Å². The molecular formula is C15H32IN5. The third kappa shape index (κ3) is 6.28. The normalized spacial score (nSPS) is 24.3. The Morgan fingerprint density at radius 3 is 2.14 bits per heavy atom. The van der Waals surface area contributed by atoms with E-state index in [1.54, 1.807) is 0 Å². The van der Waals surface area contributed by atoms with Crippen molar-refractivity contribution >= 4 is 29.9 Å². The number of guanidine groups is 1. The molecule has 0 amide bonds. The molecule has 2 N–H and O–H groups in total. The van der Waals surface area contributed by atoms with Gasteiger partial charge in [-0.25, -0.2) is 0 Å². The second kappa shape index (κ2) is 9.84. The highest BCUT2D eigenvalue weighted by Gasteiger charge is 2.19. The Balaban J connectivity index is 0.00000220. The zero-order valence-electron chi connectivity index (χ0n) is 13.6. The number of rotatable bonds is 3. The predicted molar refractivity (Wildman–Crippen MR) is 100 cm³/mol. The molecule has 0 aliphatic carbocycles. The highest BCUT2D eigenvalue weighted by Crippen LogP contribution is 2.10. The van der Waals surface area contributed by atoms with Crippen LogP contribution in [0.5, 0.6) is 0 Å². The minimum Gasteiger partial charge on any atom is -0.370 e. The molecule has 0 bridgehead atoms. The van der Waals surface area contributed by atoms with Crippen molar-refractivity contribution in [2.45, 2.75) is 38.6 Å². The smallest absolute Gasteiger partial charge is 0.191 e. The van der Waals surface area contributed by atoms with E-state index in [0.717, 1.165) is 51.8 Å². The van der Waals surface area contributed by atoms with E-state index in [9.17, 15) is 0 Å². The number of hydrogen-bond donors (Lipinski definition) is 1. The topological polar surface area (TPSA) is 48.1 Å². The van der Waals surface area contributed by atoms with Gasteiger partial charge in [0.25, 0.3) is 0 Å². The average Bonchev–Trinajstić information content (AvgIpc) is 2.74. The van der Waals surface area contributed by atoms with Crippen molar-refractivity contribution in [1.82, 2.24) is 14.7 Å². The van der Waals surface area contributed by atoms with Crippen molar-refractivity contribution < 1.29 is 0 Å². The third-order valence-electron chi connectivity index (χ3n) is 4.61. The standard InChI is InChI=1S/C15H31N5.HI/c1-14(19-11-9-18(2)10-12-19)13-17-15(16)20-7-5-3-4-6-8-20;/h14H,3-13H2,1-2H3,(H2,16,17);1H. The molecule has 124 valence electrons. The molecule has 0 aromatic heterocycles. The quantitative estimate of drug-likeness (QED) is 0.435. The van der Waals surface area contributed by atoms with Gasteiger partial charge < -0.3 is 15.5 Å². The number of aliphatic imine (C=N–C) groups is 1. The van der Waals surface area contributed by atoms with Crippen LogP contribution in [0.25, 0.3) is 0 Å². The number of likely N-dealkylation sites (tertiary alicyclic amines) is 1. The van der Waals surface area contributed by atoms with Crippen LogP contribution in [0.3, 0.4) is 0 Å². The summed E-state index contributed by atoms with van der Waals surface area (Å²) in [5, 5.41) is 0. The summed E-state index contributed by atoms with van der Waals surface area (Å²) in [7, 11) is 2.19. The summed E-state index contributed by atoms with van der Waals surface area (Å²) in [5.41, 5.74) is 6.17. The number of hydrogen-bond acceptors (Lipinski definition) is 3. The average molecular weight is 409 g/mol.